The molecule has 4 bridgehead atoms. The summed E-state index contributed by atoms with van der Waals surface area (Å²) in [4.78, 5) is 0. The van der Waals surface area contributed by atoms with Crippen molar-refractivity contribution in [2.75, 3.05) is 0 Å². The number of hydrogen-bond donors (Lipinski definition) is 1. The molecule has 0 radical (unpaired) electrons. The Morgan fingerprint density at radius 2 is 1.61 bits per heavy atom. The Labute approximate surface area is 171 Å². The lowest BCUT2D eigenvalue weighted by atomic mass is 9.54. The highest BCUT2D eigenvalue weighted by molar-refractivity contribution is 6.31. The maximum absolute atomic E-state index is 13.1. The summed E-state index contributed by atoms with van der Waals surface area (Å²) in [6, 6.07) is 13.4. The molecule has 2 nitrogen and oxygen atoms in total. The van der Waals surface area contributed by atoms with Crippen molar-refractivity contribution in [1.29, 1.82) is 0 Å². The van der Waals surface area contributed by atoms with Gasteiger partial charge in [-0.2, -0.15) is 0 Å². The first-order valence-electron chi connectivity index (χ1n) is 10.5. The summed E-state index contributed by atoms with van der Waals surface area (Å²) < 4.78 is 18.9. The Bertz CT molecular complexity index is 809. The average molecular weight is 400 g/mol. The Morgan fingerprint density at radius 3 is 2.25 bits per heavy atom. The lowest BCUT2D eigenvalue weighted by Gasteiger charge is -2.54. The first-order valence-corrected chi connectivity index (χ1v) is 10.9. The normalized spacial score (nSPS) is 30.6. The third-order valence-electron chi connectivity index (χ3n) is 7.10. The molecular formula is C24H27ClFNO. The van der Waals surface area contributed by atoms with Gasteiger partial charge in [0, 0.05) is 18.2 Å². The van der Waals surface area contributed by atoms with Gasteiger partial charge in [0.1, 0.15) is 18.2 Å². The molecular weight excluding hydrogens is 373 g/mol. The molecule has 4 saturated carbocycles. The summed E-state index contributed by atoms with van der Waals surface area (Å²) in [6.45, 7) is 1.27. The smallest absolute Gasteiger partial charge is 0.124 e. The van der Waals surface area contributed by atoms with Crippen LogP contribution in [0, 0.1) is 29.5 Å². The van der Waals surface area contributed by atoms with Crippen LogP contribution in [0.1, 0.15) is 43.2 Å². The van der Waals surface area contributed by atoms with Crippen LogP contribution in [0.5, 0.6) is 5.75 Å². The predicted octanol–water partition coefficient (Wildman–Crippen LogP) is 5.97. The van der Waals surface area contributed by atoms with Crippen molar-refractivity contribution in [3.8, 4) is 5.75 Å². The van der Waals surface area contributed by atoms with E-state index in [0.29, 0.717) is 17.7 Å². The molecule has 148 valence electrons. The van der Waals surface area contributed by atoms with E-state index in [1.165, 1.54) is 49.8 Å². The molecule has 0 atom stereocenters. The lowest BCUT2D eigenvalue weighted by molar-refractivity contribution is -0.0142. The van der Waals surface area contributed by atoms with E-state index in [0.717, 1.165) is 41.5 Å². The van der Waals surface area contributed by atoms with Gasteiger partial charge in [0.15, 0.2) is 0 Å². The van der Waals surface area contributed by atoms with Gasteiger partial charge in [-0.05, 0) is 85.6 Å². The van der Waals surface area contributed by atoms with Crippen LogP contribution in [0.15, 0.2) is 42.5 Å². The Hall–Kier alpha value is -1.58. The molecule has 28 heavy (non-hydrogen) atoms. The standard InChI is InChI=1S/C24H27ClFNO/c25-23-12-21(26)4-3-18(23)14-28-22-5-1-15(2-6-22)13-27-24-19-8-16-7-17(10-19)11-20(24)9-16/h1-6,12,16-17,19-20,24,27H,7-11,13-14H2. The molecule has 4 aliphatic rings. The second kappa shape index (κ2) is 7.68. The van der Waals surface area contributed by atoms with Crippen LogP contribution in [-0.4, -0.2) is 6.04 Å². The molecule has 0 amide bonds. The van der Waals surface area contributed by atoms with E-state index >= 15 is 0 Å². The van der Waals surface area contributed by atoms with E-state index in [1.54, 1.807) is 6.07 Å². The summed E-state index contributed by atoms with van der Waals surface area (Å²) >= 11 is 6.06. The number of halogens is 2. The molecule has 6 rings (SSSR count). The molecule has 2 aromatic carbocycles. The summed E-state index contributed by atoms with van der Waals surface area (Å²) in [7, 11) is 0. The zero-order chi connectivity index (χ0) is 19.1. The van der Waals surface area contributed by atoms with Crippen molar-refractivity contribution >= 4 is 11.6 Å². The molecule has 0 heterocycles. The average Bonchev–Trinajstić information content (AvgIpc) is 2.67. The van der Waals surface area contributed by atoms with Crippen LogP contribution in [-0.2, 0) is 13.2 Å². The number of nitrogens with one attached hydrogen (secondary N) is 1. The van der Waals surface area contributed by atoms with Crippen molar-refractivity contribution in [1.82, 2.24) is 5.32 Å². The molecule has 4 heteroatoms. The minimum Gasteiger partial charge on any atom is -0.489 e. The SMILES string of the molecule is Fc1ccc(COc2ccc(CNC3C4CC5CC(C4)CC3C5)cc2)c(Cl)c1. The lowest BCUT2D eigenvalue weighted by Crippen LogP contribution is -2.54. The minimum absolute atomic E-state index is 0.329. The number of rotatable bonds is 6. The zero-order valence-corrected chi connectivity index (χ0v) is 16.8. The zero-order valence-electron chi connectivity index (χ0n) is 16.0. The molecule has 4 fully saturated rings. The van der Waals surface area contributed by atoms with Crippen molar-refractivity contribution in [3.63, 3.8) is 0 Å². The highest BCUT2D eigenvalue weighted by Crippen LogP contribution is 2.53. The Morgan fingerprint density at radius 1 is 0.929 bits per heavy atom. The summed E-state index contributed by atoms with van der Waals surface area (Å²) in [6.07, 6.45) is 7.30. The topological polar surface area (TPSA) is 21.3 Å². The fourth-order valence-electron chi connectivity index (χ4n) is 6.00. The summed E-state index contributed by atoms with van der Waals surface area (Å²) in [5, 5.41) is 4.28. The minimum atomic E-state index is -0.329. The van der Waals surface area contributed by atoms with E-state index in [2.05, 4.69) is 17.4 Å². The number of benzene rings is 2. The highest BCUT2D eigenvalue weighted by Gasteiger charge is 2.47. The maximum Gasteiger partial charge on any atom is 0.124 e. The first kappa shape index (κ1) is 18.4. The van der Waals surface area contributed by atoms with E-state index < -0.39 is 0 Å². The molecule has 2 aromatic rings. The molecule has 0 aromatic heterocycles. The number of ether oxygens (including phenoxy) is 1. The van der Waals surface area contributed by atoms with Crippen LogP contribution < -0.4 is 10.1 Å². The molecule has 0 spiro atoms. The number of hydrogen-bond acceptors (Lipinski definition) is 2. The van der Waals surface area contributed by atoms with Crippen molar-refractivity contribution in [2.24, 2.45) is 23.7 Å². The van der Waals surface area contributed by atoms with Crippen LogP contribution in [0.4, 0.5) is 4.39 Å². The molecule has 1 N–H and O–H groups in total. The van der Waals surface area contributed by atoms with E-state index in [-0.39, 0.29) is 5.82 Å². The molecule has 0 saturated heterocycles. The van der Waals surface area contributed by atoms with Gasteiger partial charge in [-0.1, -0.05) is 29.8 Å². The van der Waals surface area contributed by atoms with Gasteiger partial charge >= 0.3 is 0 Å². The monoisotopic (exact) mass is 399 g/mol. The van der Waals surface area contributed by atoms with Gasteiger partial charge in [0.25, 0.3) is 0 Å². The third kappa shape index (κ3) is 3.79. The fourth-order valence-corrected chi connectivity index (χ4v) is 6.22. The van der Waals surface area contributed by atoms with Gasteiger partial charge in [0.05, 0.1) is 5.02 Å². The van der Waals surface area contributed by atoms with Crippen LogP contribution in [0.2, 0.25) is 5.02 Å². The van der Waals surface area contributed by atoms with E-state index in [9.17, 15) is 4.39 Å². The fraction of sp³-hybridized carbons (Fsp3) is 0.500. The van der Waals surface area contributed by atoms with Crippen LogP contribution in [0.25, 0.3) is 0 Å². The van der Waals surface area contributed by atoms with Gasteiger partial charge in [-0.15, -0.1) is 0 Å². The maximum atomic E-state index is 13.1. The van der Waals surface area contributed by atoms with Crippen LogP contribution >= 0.6 is 11.6 Å². The van der Waals surface area contributed by atoms with E-state index in [4.69, 9.17) is 16.3 Å². The molecule has 4 aliphatic carbocycles. The second-order valence-electron chi connectivity index (χ2n) is 9.01. The summed E-state index contributed by atoms with van der Waals surface area (Å²) in [5.41, 5.74) is 2.08. The highest BCUT2D eigenvalue weighted by atomic mass is 35.5. The van der Waals surface area contributed by atoms with E-state index in [1.807, 2.05) is 12.1 Å². The molecule has 0 aliphatic heterocycles. The van der Waals surface area contributed by atoms with Gasteiger partial charge < -0.3 is 10.1 Å². The Balaban J connectivity index is 1.15. The van der Waals surface area contributed by atoms with Gasteiger partial charge in [0.2, 0.25) is 0 Å². The third-order valence-corrected chi connectivity index (χ3v) is 7.45. The second-order valence-corrected chi connectivity index (χ2v) is 9.41. The predicted molar refractivity (Wildman–Crippen MR) is 110 cm³/mol. The summed E-state index contributed by atoms with van der Waals surface area (Å²) in [5.74, 6) is 4.32. The Kier molecular flexibility index (Phi) is 5.06. The largest absolute Gasteiger partial charge is 0.489 e. The van der Waals surface area contributed by atoms with Gasteiger partial charge in [-0.3, -0.25) is 0 Å². The van der Waals surface area contributed by atoms with Crippen molar-refractivity contribution in [2.45, 2.75) is 51.3 Å². The molecule has 0 unspecified atom stereocenters. The quantitative estimate of drug-likeness (QED) is 0.645. The van der Waals surface area contributed by atoms with Crippen molar-refractivity contribution in [3.05, 3.63) is 64.4 Å². The van der Waals surface area contributed by atoms with Crippen molar-refractivity contribution < 1.29 is 9.13 Å². The first-order chi connectivity index (χ1) is 13.6. The van der Waals surface area contributed by atoms with Gasteiger partial charge in [-0.25, -0.2) is 4.39 Å². The van der Waals surface area contributed by atoms with Crippen LogP contribution in [0.3, 0.4) is 0 Å².